The first-order valence-corrected chi connectivity index (χ1v) is 8.26. The number of rotatable bonds is 5. The third-order valence-corrected chi connectivity index (χ3v) is 4.30. The number of H-pyrrole nitrogens is 1. The molecule has 0 saturated carbocycles. The van der Waals surface area contributed by atoms with Crippen LogP contribution < -0.4 is 5.32 Å². The van der Waals surface area contributed by atoms with Crippen molar-refractivity contribution in [2.45, 2.75) is 26.7 Å². The third kappa shape index (κ3) is 4.58. The number of aryl methyl sites for hydroxylation is 2. The van der Waals surface area contributed by atoms with Gasteiger partial charge >= 0.3 is 0 Å². The molecule has 1 aromatic heterocycles. The van der Waals surface area contributed by atoms with Crippen molar-refractivity contribution in [3.8, 4) is 0 Å². The molecule has 0 spiro atoms. The van der Waals surface area contributed by atoms with Crippen LogP contribution in [-0.4, -0.2) is 66.9 Å². The lowest BCUT2D eigenvalue weighted by Gasteiger charge is -2.32. The summed E-state index contributed by atoms with van der Waals surface area (Å²) in [6.45, 7) is 6.57. The molecule has 2 heterocycles. The number of nitrogens with one attached hydrogen (secondary N) is 2. The Hall–Kier alpha value is -1.82. The van der Waals surface area contributed by atoms with Gasteiger partial charge < -0.3 is 20.1 Å². The van der Waals surface area contributed by atoms with Gasteiger partial charge in [0.15, 0.2) is 0 Å². The summed E-state index contributed by atoms with van der Waals surface area (Å²) in [6.07, 6.45) is 1.72. The fraction of sp³-hybridized carbons (Fsp3) is 0.647. The van der Waals surface area contributed by atoms with Crippen LogP contribution in [0.5, 0.6) is 0 Å². The minimum absolute atomic E-state index is 0.00129. The van der Waals surface area contributed by atoms with Crippen LogP contribution in [0.15, 0.2) is 6.07 Å². The van der Waals surface area contributed by atoms with E-state index < -0.39 is 0 Å². The molecule has 0 radical (unpaired) electrons. The van der Waals surface area contributed by atoms with Gasteiger partial charge in [0.05, 0.1) is 5.92 Å². The lowest BCUT2D eigenvalue weighted by Crippen LogP contribution is -2.46. The molecule has 2 amide bonds. The molecule has 23 heavy (non-hydrogen) atoms. The molecule has 128 valence electrons. The Kier molecular flexibility index (Phi) is 5.82. The maximum atomic E-state index is 12.7. The minimum atomic E-state index is -0.105. The van der Waals surface area contributed by atoms with Gasteiger partial charge in [0.1, 0.15) is 5.69 Å². The molecule has 1 aliphatic rings. The summed E-state index contributed by atoms with van der Waals surface area (Å²) in [4.78, 5) is 31.9. The molecule has 1 aliphatic heterocycles. The van der Waals surface area contributed by atoms with E-state index in [2.05, 4.69) is 10.3 Å². The Morgan fingerprint density at radius 2 is 2.13 bits per heavy atom. The molecular weight excluding hydrogens is 292 g/mol. The standard InChI is InChI=1S/C17H28N4O2/c1-12-10-13(2)19-15(12)17(23)21-8-5-6-14(11-21)16(22)18-7-9-20(3)4/h10,14,19H,5-9,11H2,1-4H3,(H,18,22). The molecular formula is C17H28N4O2. The highest BCUT2D eigenvalue weighted by Crippen LogP contribution is 2.20. The first-order chi connectivity index (χ1) is 10.9. The van der Waals surface area contributed by atoms with Crippen molar-refractivity contribution >= 4 is 11.8 Å². The van der Waals surface area contributed by atoms with Crippen molar-refractivity contribution in [1.29, 1.82) is 0 Å². The quantitative estimate of drug-likeness (QED) is 0.855. The number of carbonyl (C=O) groups excluding carboxylic acids is 2. The van der Waals surface area contributed by atoms with E-state index in [1.54, 1.807) is 4.90 Å². The number of nitrogens with zero attached hydrogens (tertiary/aromatic N) is 2. The largest absolute Gasteiger partial charge is 0.355 e. The molecule has 2 N–H and O–H groups in total. The number of hydrogen-bond acceptors (Lipinski definition) is 3. The summed E-state index contributed by atoms with van der Waals surface area (Å²) in [5.41, 5.74) is 2.60. The van der Waals surface area contributed by atoms with Crippen LogP contribution in [0.3, 0.4) is 0 Å². The second kappa shape index (κ2) is 7.64. The normalized spacial score (nSPS) is 18.3. The van der Waals surface area contributed by atoms with Crippen LogP contribution in [0.2, 0.25) is 0 Å². The van der Waals surface area contributed by atoms with Crippen molar-refractivity contribution < 1.29 is 9.59 Å². The number of amides is 2. The summed E-state index contributed by atoms with van der Waals surface area (Å²) in [5, 5.41) is 2.97. The van der Waals surface area contributed by atoms with E-state index in [4.69, 9.17) is 0 Å². The summed E-state index contributed by atoms with van der Waals surface area (Å²) in [6, 6.07) is 1.97. The molecule has 2 rings (SSSR count). The zero-order valence-corrected chi connectivity index (χ0v) is 14.6. The van der Waals surface area contributed by atoms with E-state index in [9.17, 15) is 9.59 Å². The highest BCUT2D eigenvalue weighted by atomic mass is 16.2. The monoisotopic (exact) mass is 320 g/mol. The van der Waals surface area contributed by atoms with Crippen LogP contribution >= 0.6 is 0 Å². The number of piperidine rings is 1. The van der Waals surface area contributed by atoms with Crippen LogP contribution in [0.25, 0.3) is 0 Å². The molecule has 1 fully saturated rings. The lowest BCUT2D eigenvalue weighted by molar-refractivity contribution is -0.126. The first-order valence-electron chi connectivity index (χ1n) is 8.26. The highest BCUT2D eigenvalue weighted by molar-refractivity contribution is 5.94. The Labute approximate surface area is 138 Å². The average molecular weight is 320 g/mol. The molecule has 0 aromatic carbocycles. The van der Waals surface area contributed by atoms with E-state index in [0.29, 0.717) is 18.8 Å². The molecule has 1 saturated heterocycles. The number of likely N-dealkylation sites (N-methyl/N-ethyl adjacent to an activating group) is 1. The Balaban J connectivity index is 1.93. The van der Waals surface area contributed by atoms with Crippen LogP contribution in [-0.2, 0) is 4.79 Å². The molecule has 1 aromatic rings. The lowest BCUT2D eigenvalue weighted by atomic mass is 9.96. The SMILES string of the molecule is Cc1cc(C)c(C(=O)N2CCCC(C(=O)NCCN(C)C)C2)[nH]1. The second-order valence-electron chi connectivity index (χ2n) is 6.69. The van der Waals surface area contributed by atoms with Crippen molar-refractivity contribution in [2.75, 3.05) is 40.3 Å². The molecule has 0 aliphatic carbocycles. The number of aromatic amines is 1. The third-order valence-electron chi connectivity index (χ3n) is 4.30. The molecule has 6 nitrogen and oxygen atoms in total. The van der Waals surface area contributed by atoms with Crippen LogP contribution in [0.1, 0.15) is 34.6 Å². The van der Waals surface area contributed by atoms with Gasteiger partial charge in [0.25, 0.3) is 5.91 Å². The Morgan fingerprint density at radius 3 is 2.74 bits per heavy atom. The molecule has 6 heteroatoms. The minimum Gasteiger partial charge on any atom is -0.355 e. The topological polar surface area (TPSA) is 68.4 Å². The van der Waals surface area contributed by atoms with Crippen molar-refractivity contribution in [2.24, 2.45) is 5.92 Å². The van der Waals surface area contributed by atoms with Crippen LogP contribution in [0, 0.1) is 19.8 Å². The fourth-order valence-electron chi connectivity index (χ4n) is 3.03. The summed E-state index contributed by atoms with van der Waals surface area (Å²) >= 11 is 0. The van der Waals surface area contributed by atoms with Gasteiger partial charge in [0.2, 0.25) is 5.91 Å². The number of likely N-dealkylation sites (tertiary alicyclic amines) is 1. The van der Waals surface area contributed by atoms with Crippen LogP contribution in [0.4, 0.5) is 0 Å². The van der Waals surface area contributed by atoms with Gasteiger partial charge in [-0.2, -0.15) is 0 Å². The fourth-order valence-corrected chi connectivity index (χ4v) is 3.03. The predicted molar refractivity (Wildman–Crippen MR) is 90.5 cm³/mol. The first kappa shape index (κ1) is 17.5. The zero-order valence-electron chi connectivity index (χ0n) is 14.6. The van der Waals surface area contributed by atoms with Gasteiger partial charge in [-0.05, 0) is 52.4 Å². The van der Waals surface area contributed by atoms with E-state index >= 15 is 0 Å². The van der Waals surface area contributed by atoms with Crippen molar-refractivity contribution in [3.05, 3.63) is 23.0 Å². The molecule has 1 unspecified atom stereocenters. The Morgan fingerprint density at radius 1 is 1.39 bits per heavy atom. The highest BCUT2D eigenvalue weighted by Gasteiger charge is 2.29. The van der Waals surface area contributed by atoms with Gasteiger partial charge in [-0.3, -0.25) is 9.59 Å². The van der Waals surface area contributed by atoms with E-state index in [-0.39, 0.29) is 17.7 Å². The molecule has 0 bridgehead atoms. The van der Waals surface area contributed by atoms with E-state index in [1.807, 2.05) is 38.9 Å². The number of hydrogen-bond donors (Lipinski definition) is 2. The number of carbonyl (C=O) groups is 2. The van der Waals surface area contributed by atoms with Gasteiger partial charge in [-0.15, -0.1) is 0 Å². The Bertz CT molecular complexity index is 565. The maximum Gasteiger partial charge on any atom is 0.270 e. The van der Waals surface area contributed by atoms with Crippen molar-refractivity contribution in [1.82, 2.24) is 20.1 Å². The zero-order chi connectivity index (χ0) is 17.0. The summed E-state index contributed by atoms with van der Waals surface area (Å²) < 4.78 is 0. The van der Waals surface area contributed by atoms with Gasteiger partial charge in [-0.1, -0.05) is 0 Å². The predicted octanol–water partition coefficient (Wildman–Crippen LogP) is 1.16. The van der Waals surface area contributed by atoms with Gasteiger partial charge in [0, 0.05) is 31.9 Å². The average Bonchev–Trinajstić information content (AvgIpc) is 2.84. The van der Waals surface area contributed by atoms with Crippen molar-refractivity contribution in [3.63, 3.8) is 0 Å². The van der Waals surface area contributed by atoms with E-state index in [1.165, 1.54) is 0 Å². The second-order valence-corrected chi connectivity index (χ2v) is 6.69. The van der Waals surface area contributed by atoms with Gasteiger partial charge in [-0.25, -0.2) is 0 Å². The summed E-state index contributed by atoms with van der Waals surface area (Å²) in [7, 11) is 3.96. The number of aromatic nitrogens is 1. The maximum absolute atomic E-state index is 12.7. The molecule has 1 atom stereocenters. The summed E-state index contributed by atoms with van der Waals surface area (Å²) in [5.74, 6) is -0.0450. The smallest absolute Gasteiger partial charge is 0.270 e. The van der Waals surface area contributed by atoms with E-state index in [0.717, 1.165) is 37.2 Å².